The van der Waals surface area contributed by atoms with Gasteiger partial charge in [0.15, 0.2) is 0 Å². The smallest absolute Gasteiger partial charge is 0.408 e. The van der Waals surface area contributed by atoms with Crippen LogP contribution in [0.4, 0.5) is 4.79 Å². The van der Waals surface area contributed by atoms with Crippen LogP contribution in [0.25, 0.3) is 0 Å². The van der Waals surface area contributed by atoms with Crippen LogP contribution in [-0.4, -0.2) is 52.8 Å². The predicted molar refractivity (Wildman–Crippen MR) is 145 cm³/mol. The van der Waals surface area contributed by atoms with Crippen molar-refractivity contribution >= 4 is 30.5 Å². The van der Waals surface area contributed by atoms with Crippen molar-refractivity contribution in [3.05, 3.63) is 34.9 Å². The van der Waals surface area contributed by atoms with E-state index < -0.39 is 23.8 Å². The number of carbonyl (C=O) groups excluding carboxylic acids is 3. The van der Waals surface area contributed by atoms with Gasteiger partial charge in [0.1, 0.15) is 17.7 Å². The molecular weight excluding hydrogens is 462 g/mol. The van der Waals surface area contributed by atoms with Gasteiger partial charge in [-0.05, 0) is 66.0 Å². The molecule has 2 N–H and O–H groups in total. The van der Waals surface area contributed by atoms with Gasteiger partial charge < -0.3 is 20.3 Å². The van der Waals surface area contributed by atoms with Crippen LogP contribution in [0, 0.1) is 13.8 Å². The van der Waals surface area contributed by atoms with E-state index in [9.17, 15) is 14.4 Å². The summed E-state index contributed by atoms with van der Waals surface area (Å²) in [5.41, 5.74) is 2.01. The first-order valence-electron chi connectivity index (χ1n) is 12.6. The number of benzene rings is 1. The molecule has 0 aliphatic heterocycles. The molecule has 0 aliphatic rings. The zero-order valence-electron chi connectivity index (χ0n) is 22.7. The molecule has 0 aromatic heterocycles. The first-order valence-corrected chi connectivity index (χ1v) is 13.2. The number of hydrogen-bond acceptors (Lipinski definition) is 5. The fourth-order valence-electron chi connectivity index (χ4n) is 3.78. The summed E-state index contributed by atoms with van der Waals surface area (Å²) in [5.74, 6) is -0.519. The minimum atomic E-state index is -0.932. The Hall–Kier alpha value is -2.22. The van der Waals surface area contributed by atoms with Gasteiger partial charge in [-0.3, -0.25) is 9.59 Å². The monoisotopic (exact) mass is 507 g/mol. The van der Waals surface area contributed by atoms with E-state index in [0.717, 1.165) is 42.4 Å². The van der Waals surface area contributed by atoms with Crippen LogP contribution < -0.4 is 10.6 Å². The second-order valence-electron chi connectivity index (χ2n) is 10.4. The van der Waals surface area contributed by atoms with E-state index in [1.807, 2.05) is 45.9 Å². The van der Waals surface area contributed by atoms with E-state index in [1.165, 1.54) is 0 Å². The largest absolute Gasteiger partial charge is 0.444 e. The molecule has 0 saturated heterocycles. The molecule has 3 amide bonds. The SMILES string of the molecule is CCCCCCN(C(=O)C(CS)NC(=O)OC(C)(C)C)C(C(=O)NC(C)C)c1cc(C)ccc1C. The summed E-state index contributed by atoms with van der Waals surface area (Å²) in [6.45, 7) is 15.5. The van der Waals surface area contributed by atoms with Gasteiger partial charge in [0.05, 0.1) is 0 Å². The highest BCUT2D eigenvalue weighted by atomic mass is 32.1. The van der Waals surface area contributed by atoms with Crippen LogP contribution >= 0.6 is 12.6 Å². The lowest BCUT2D eigenvalue weighted by Crippen LogP contribution is -2.54. The molecule has 0 fully saturated rings. The van der Waals surface area contributed by atoms with E-state index in [4.69, 9.17) is 4.74 Å². The second-order valence-corrected chi connectivity index (χ2v) is 10.8. The number of aryl methyl sites for hydroxylation is 2. The molecule has 0 aliphatic carbocycles. The summed E-state index contributed by atoms with van der Waals surface area (Å²) in [5, 5.41) is 5.65. The Bertz CT molecular complexity index is 851. The van der Waals surface area contributed by atoms with E-state index in [0.29, 0.717) is 6.54 Å². The number of nitrogens with one attached hydrogen (secondary N) is 2. The minimum absolute atomic E-state index is 0.0782. The van der Waals surface area contributed by atoms with Gasteiger partial charge in [-0.15, -0.1) is 0 Å². The Morgan fingerprint density at radius 3 is 2.26 bits per heavy atom. The normalized spacial score (nSPS) is 13.2. The van der Waals surface area contributed by atoms with E-state index in [-0.39, 0.29) is 23.6 Å². The molecule has 0 saturated carbocycles. The number of ether oxygens (including phenoxy) is 1. The standard InChI is InChI=1S/C27H45N3O4S/c1-9-10-11-12-15-30(25(32)22(17-35)29-26(33)34-27(6,7)8)23(24(31)28-18(2)3)21-16-19(4)13-14-20(21)5/h13-14,16,18,22-23,35H,9-12,15,17H2,1-8H3,(H,28,31)(H,29,33). The minimum Gasteiger partial charge on any atom is -0.444 e. The molecule has 0 radical (unpaired) electrons. The van der Waals surface area contributed by atoms with Crippen molar-refractivity contribution in [3.63, 3.8) is 0 Å². The third kappa shape index (κ3) is 10.5. The van der Waals surface area contributed by atoms with Gasteiger partial charge in [0.25, 0.3) is 0 Å². The number of amides is 3. The van der Waals surface area contributed by atoms with Crippen molar-refractivity contribution in [2.45, 2.75) is 105 Å². The molecule has 0 bridgehead atoms. The summed E-state index contributed by atoms with van der Waals surface area (Å²) in [6.07, 6.45) is 3.10. The van der Waals surface area contributed by atoms with Crippen molar-refractivity contribution in [1.29, 1.82) is 0 Å². The maximum atomic E-state index is 13.9. The molecule has 0 spiro atoms. The lowest BCUT2D eigenvalue weighted by Gasteiger charge is -2.35. The third-order valence-electron chi connectivity index (χ3n) is 5.43. The van der Waals surface area contributed by atoms with Gasteiger partial charge >= 0.3 is 6.09 Å². The van der Waals surface area contributed by atoms with Gasteiger partial charge in [-0.25, -0.2) is 4.79 Å². The van der Waals surface area contributed by atoms with Crippen molar-refractivity contribution in [2.75, 3.05) is 12.3 Å². The molecule has 198 valence electrons. The van der Waals surface area contributed by atoms with E-state index in [2.05, 4.69) is 30.2 Å². The Kier molecular flexibility index (Phi) is 12.6. The maximum absolute atomic E-state index is 13.9. The number of alkyl carbamates (subject to hydrolysis) is 1. The summed E-state index contributed by atoms with van der Waals surface area (Å²) in [7, 11) is 0. The summed E-state index contributed by atoms with van der Waals surface area (Å²) in [6, 6.07) is 4.07. The lowest BCUT2D eigenvalue weighted by atomic mass is 9.95. The first kappa shape index (κ1) is 30.8. The van der Waals surface area contributed by atoms with Gasteiger partial charge in [0.2, 0.25) is 11.8 Å². The van der Waals surface area contributed by atoms with Crippen LogP contribution in [-0.2, 0) is 14.3 Å². The van der Waals surface area contributed by atoms with Crippen LogP contribution in [0.15, 0.2) is 18.2 Å². The molecule has 0 heterocycles. The lowest BCUT2D eigenvalue weighted by molar-refractivity contribution is -0.142. The second kappa shape index (κ2) is 14.4. The average molecular weight is 508 g/mol. The average Bonchev–Trinajstić information content (AvgIpc) is 2.74. The Morgan fingerprint density at radius 2 is 1.71 bits per heavy atom. The highest BCUT2D eigenvalue weighted by molar-refractivity contribution is 7.80. The molecular formula is C27H45N3O4S. The van der Waals surface area contributed by atoms with Crippen LogP contribution in [0.2, 0.25) is 0 Å². The van der Waals surface area contributed by atoms with Crippen LogP contribution in [0.3, 0.4) is 0 Å². The molecule has 1 aromatic carbocycles. The number of rotatable bonds is 12. The highest BCUT2D eigenvalue weighted by Crippen LogP contribution is 2.27. The molecule has 7 nitrogen and oxygen atoms in total. The highest BCUT2D eigenvalue weighted by Gasteiger charge is 2.36. The summed E-state index contributed by atoms with van der Waals surface area (Å²) < 4.78 is 5.36. The number of unbranched alkanes of at least 4 members (excludes halogenated alkanes) is 3. The van der Waals surface area contributed by atoms with Crippen molar-refractivity contribution < 1.29 is 19.1 Å². The van der Waals surface area contributed by atoms with E-state index >= 15 is 0 Å². The Labute approximate surface area is 217 Å². The predicted octanol–water partition coefficient (Wildman–Crippen LogP) is 5.10. The fraction of sp³-hybridized carbons (Fsp3) is 0.667. The number of hydrogen-bond donors (Lipinski definition) is 3. The molecule has 2 unspecified atom stereocenters. The molecule has 8 heteroatoms. The van der Waals surface area contributed by atoms with Crippen molar-refractivity contribution in [3.8, 4) is 0 Å². The summed E-state index contributed by atoms with van der Waals surface area (Å²) >= 11 is 4.34. The molecule has 2 atom stereocenters. The summed E-state index contributed by atoms with van der Waals surface area (Å²) in [4.78, 5) is 41.5. The topological polar surface area (TPSA) is 87.7 Å². The zero-order valence-corrected chi connectivity index (χ0v) is 23.6. The van der Waals surface area contributed by atoms with Gasteiger partial charge in [-0.1, -0.05) is 49.9 Å². The first-order chi connectivity index (χ1) is 16.3. The zero-order chi connectivity index (χ0) is 26.8. The van der Waals surface area contributed by atoms with Crippen molar-refractivity contribution in [1.82, 2.24) is 15.5 Å². The van der Waals surface area contributed by atoms with Crippen molar-refractivity contribution in [2.24, 2.45) is 0 Å². The quantitative estimate of drug-likeness (QED) is 0.271. The Balaban J connectivity index is 3.44. The van der Waals surface area contributed by atoms with Gasteiger partial charge in [0, 0.05) is 18.3 Å². The molecule has 1 rings (SSSR count). The van der Waals surface area contributed by atoms with Crippen LogP contribution in [0.1, 0.15) is 90.0 Å². The fourth-order valence-corrected chi connectivity index (χ4v) is 4.03. The molecule has 1 aromatic rings. The number of thiol groups is 1. The molecule has 35 heavy (non-hydrogen) atoms. The third-order valence-corrected chi connectivity index (χ3v) is 5.79. The Morgan fingerprint density at radius 1 is 1.06 bits per heavy atom. The van der Waals surface area contributed by atoms with E-state index in [1.54, 1.807) is 25.7 Å². The maximum Gasteiger partial charge on any atom is 0.408 e. The van der Waals surface area contributed by atoms with Crippen LogP contribution in [0.5, 0.6) is 0 Å². The number of nitrogens with zero attached hydrogens (tertiary/aromatic N) is 1. The van der Waals surface area contributed by atoms with Gasteiger partial charge in [-0.2, -0.15) is 12.6 Å². The number of carbonyl (C=O) groups is 3.